The highest BCUT2D eigenvalue weighted by Gasteiger charge is 2.14. The SMILES string of the molecule is NC(=NC1CCCCC1)c1ccc2c(c1)nc1ccc3sccc3n12. The number of thiophene rings is 1. The summed E-state index contributed by atoms with van der Waals surface area (Å²) in [5, 5.41) is 2.12. The highest BCUT2D eigenvalue weighted by atomic mass is 32.1. The summed E-state index contributed by atoms with van der Waals surface area (Å²) in [6.07, 6.45) is 6.18. The van der Waals surface area contributed by atoms with Crippen molar-refractivity contribution in [3.8, 4) is 0 Å². The zero-order valence-electron chi connectivity index (χ0n) is 14.0. The number of hydrogen-bond donors (Lipinski definition) is 1. The van der Waals surface area contributed by atoms with Crippen molar-refractivity contribution in [1.29, 1.82) is 0 Å². The normalized spacial score (nSPS) is 17.0. The molecule has 5 heteroatoms. The van der Waals surface area contributed by atoms with Gasteiger partial charge in [0.1, 0.15) is 11.5 Å². The lowest BCUT2D eigenvalue weighted by molar-refractivity contribution is 0.443. The molecule has 0 spiro atoms. The summed E-state index contributed by atoms with van der Waals surface area (Å²) in [6.45, 7) is 0. The van der Waals surface area contributed by atoms with E-state index in [0.29, 0.717) is 11.9 Å². The minimum atomic E-state index is 0.385. The maximum Gasteiger partial charge on any atom is 0.138 e. The van der Waals surface area contributed by atoms with Crippen molar-refractivity contribution >= 4 is 44.1 Å². The van der Waals surface area contributed by atoms with E-state index in [-0.39, 0.29) is 0 Å². The number of hydrogen-bond acceptors (Lipinski definition) is 3. The zero-order valence-corrected chi connectivity index (χ0v) is 14.8. The van der Waals surface area contributed by atoms with Crippen LogP contribution in [0.5, 0.6) is 0 Å². The van der Waals surface area contributed by atoms with Gasteiger partial charge in [0.05, 0.1) is 27.3 Å². The fourth-order valence-corrected chi connectivity index (χ4v) is 4.65. The zero-order chi connectivity index (χ0) is 16.8. The fraction of sp³-hybridized carbons (Fsp3) is 0.300. The van der Waals surface area contributed by atoms with Gasteiger partial charge >= 0.3 is 0 Å². The first-order valence-electron chi connectivity index (χ1n) is 8.92. The maximum absolute atomic E-state index is 6.30. The van der Waals surface area contributed by atoms with Crippen LogP contribution in [-0.4, -0.2) is 21.3 Å². The molecule has 0 amide bonds. The summed E-state index contributed by atoms with van der Waals surface area (Å²) < 4.78 is 3.49. The number of amidine groups is 1. The number of nitrogens with zero attached hydrogens (tertiary/aromatic N) is 3. The summed E-state index contributed by atoms with van der Waals surface area (Å²) in [5.74, 6) is 0.645. The Labute approximate surface area is 150 Å². The van der Waals surface area contributed by atoms with E-state index in [1.807, 2.05) is 0 Å². The molecule has 3 heterocycles. The maximum atomic E-state index is 6.30. The van der Waals surface area contributed by atoms with Crippen LogP contribution in [-0.2, 0) is 0 Å². The summed E-state index contributed by atoms with van der Waals surface area (Å²) in [7, 11) is 0. The summed E-state index contributed by atoms with van der Waals surface area (Å²) in [6, 6.07) is 13.0. The molecule has 3 aromatic heterocycles. The second-order valence-electron chi connectivity index (χ2n) is 6.82. The van der Waals surface area contributed by atoms with Gasteiger partial charge in [-0.05, 0) is 54.6 Å². The predicted octanol–water partition coefficient (Wildman–Crippen LogP) is 4.74. The van der Waals surface area contributed by atoms with Crippen LogP contribution in [0.15, 0.2) is 46.8 Å². The largest absolute Gasteiger partial charge is 0.383 e. The van der Waals surface area contributed by atoms with E-state index in [9.17, 15) is 0 Å². The molecule has 1 aromatic carbocycles. The minimum absolute atomic E-state index is 0.385. The Morgan fingerprint density at radius 1 is 1.08 bits per heavy atom. The molecule has 4 nitrogen and oxygen atoms in total. The standard InChI is InChI=1S/C20H20N4S/c21-20(22-14-4-2-1-3-5-14)13-6-7-16-15(12-13)23-19-9-8-18-17(24(16)19)10-11-25-18/h6-12,14H,1-5H2,(H2,21,22). The van der Waals surface area contributed by atoms with E-state index in [2.05, 4.69) is 46.2 Å². The first-order chi connectivity index (χ1) is 12.3. The van der Waals surface area contributed by atoms with Crippen LogP contribution in [0.4, 0.5) is 0 Å². The third-order valence-electron chi connectivity index (χ3n) is 5.17. The lowest BCUT2D eigenvalue weighted by Crippen LogP contribution is -2.19. The number of rotatable bonds is 2. The van der Waals surface area contributed by atoms with Crippen LogP contribution in [0.25, 0.3) is 26.9 Å². The number of fused-ring (bicyclic) bond motifs is 5. The van der Waals surface area contributed by atoms with Crippen molar-refractivity contribution in [2.24, 2.45) is 10.7 Å². The smallest absolute Gasteiger partial charge is 0.138 e. The molecular weight excluding hydrogens is 328 g/mol. The molecule has 25 heavy (non-hydrogen) atoms. The van der Waals surface area contributed by atoms with Gasteiger partial charge in [0.25, 0.3) is 0 Å². The molecule has 1 fully saturated rings. The molecule has 0 bridgehead atoms. The van der Waals surface area contributed by atoms with Crippen LogP contribution < -0.4 is 5.73 Å². The number of benzene rings is 1. The number of aliphatic imine (C=N–C) groups is 1. The van der Waals surface area contributed by atoms with Gasteiger partial charge in [0.2, 0.25) is 0 Å². The third kappa shape index (κ3) is 2.50. The molecule has 1 aliphatic carbocycles. The molecule has 1 aliphatic rings. The highest BCUT2D eigenvalue weighted by Crippen LogP contribution is 2.27. The molecule has 4 aromatic rings. The number of nitrogens with two attached hydrogens (primary N) is 1. The molecule has 0 unspecified atom stereocenters. The Bertz CT molecular complexity index is 1100. The Morgan fingerprint density at radius 3 is 2.84 bits per heavy atom. The van der Waals surface area contributed by atoms with Crippen molar-refractivity contribution < 1.29 is 0 Å². The highest BCUT2D eigenvalue weighted by molar-refractivity contribution is 7.17. The summed E-state index contributed by atoms with van der Waals surface area (Å²) in [5.41, 5.74) is 11.5. The third-order valence-corrected chi connectivity index (χ3v) is 6.04. The number of imidazole rings is 1. The van der Waals surface area contributed by atoms with Crippen LogP contribution in [0.2, 0.25) is 0 Å². The minimum Gasteiger partial charge on any atom is -0.383 e. The molecular formula is C20H20N4S. The number of pyridine rings is 1. The van der Waals surface area contributed by atoms with Gasteiger partial charge in [-0.1, -0.05) is 19.3 Å². The lowest BCUT2D eigenvalue weighted by Gasteiger charge is -2.18. The van der Waals surface area contributed by atoms with Crippen LogP contribution in [0.3, 0.4) is 0 Å². The Morgan fingerprint density at radius 2 is 1.96 bits per heavy atom. The molecule has 5 rings (SSSR count). The topological polar surface area (TPSA) is 55.7 Å². The average molecular weight is 348 g/mol. The van der Waals surface area contributed by atoms with E-state index in [0.717, 1.165) is 35.1 Å². The fourth-order valence-electron chi connectivity index (χ4n) is 3.88. The second kappa shape index (κ2) is 5.85. The summed E-state index contributed by atoms with van der Waals surface area (Å²) >= 11 is 1.75. The van der Waals surface area contributed by atoms with Crippen molar-refractivity contribution in [3.63, 3.8) is 0 Å². The van der Waals surface area contributed by atoms with Gasteiger partial charge in [-0.15, -0.1) is 11.3 Å². The molecule has 126 valence electrons. The van der Waals surface area contributed by atoms with E-state index >= 15 is 0 Å². The van der Waals surface area contributed by atoms with Crippen molar-refractivity contribution in [3.05, 3.63) is 47.3 Å². The second-order valence-corrected chi connectivity index (χ2v) is 7.77. The molecule has 0 atom stereocenters. The van der Waals surface area contributed by atoms with Crippen LogP contribution in [0, 0.1) is 0 Å². The van der Waals surface area contributed by atoms with Crippen molar-refractivity contribution in [2.75, 3.05) is 0 Å². The molecule has 2 N–H and O–H groups in total. The van der Waals surface area contributed by atoms with E-state index < -0.39 is 0 Å². The summed E-state index contributed by atoms with van der Waals surface area (Å²) in [4.78, 5) is 9.56. The van der Waals surface area contributed by atoms with Gasteiger partial charge < -0.3 is 5.73 Å². The van der Waals surface area contributed by atoms with Gasteiger partial charge in [0.15, 0.2) is 0 Å². The Kier molecular flexibility index (Phi) is 3.48. The van der Waals surface area contributed by atoms with Gasteiger partial charge in [-0.2, -0.15) is 0 Å². The average Bonchev–Trinajstić information content (AvgIpc) is 3.25. The molecule has 0 aliphatic heterocycles. The van der Waals surface area contributed by atoms with Crippen molar-refractivity contribution in [2.45, 2.75) is 38.1 Å². The van der Waals surface area contributed by atoms with Gasteiger partial charge in [0, 0.05) is 5.56 Å². The van der Waals surface area contributed by atoms with E-state index in [4.69, 9.17) is 15.7 Å². The van der Waals surface area contributed by atoms with Gasteiger partial charge in [-0.25, -0.2) is 4.98 Å². The van der Waals surface area contributed by atoms with E-state index in [1.165, 1.54) is 29.5 Å². The van der Waals surface area contributed by atoms with E-state index in [1.54, 1.807) is 11.3 Å². The molecule has 0 saturated heterocycles. The first kappa shape index (κ1) is 14.9. The van der Waals surface area contributed by atoms with Crippen LogP contribution >= 0.6 is 11.3 Å². The first-order valence-corrected chi connectivity index (χ1v) is 9.80. The monoisotopic (exact) mass is 348 g/mol. The van der Waals surface area contributed by atoms with Crippen LogP contribution in [0.1, 0.15) is 37.7 Å². The Balaban J connectivity index is 1.61. The Hall–Kier alpha value is -2.40. The van der Waals surface area contributed by atoms with Gasteiger partial charge in [-0.3, -0.25) is 9.39 Å². The quantitative estimate of drug-likeness (QED) is 0.420. The molecule has 1 saturated carbocycles. The van der Waals surface area contributed by atoms with Crippen molar-refractivity contribution in [1.82, 2.24) is 9.38 Å². The lowest BCUT2D eigenvalue weighted by atomic mass is 9.96. The number of aromatic nitrogens is 2. The predicted molar refractivity (Wildman–Crippen MR) is 106 cm³/mol. The molecule has 0 radical (unpaired) electrons.